The monoisotopic (exact) mass is 517 g/mol. The Balaban J connectivity index is 1.48. The molecular formula is C28H27N3O7. The van der Waals surface area contributed by atoms with E-state index in [9.17, 15) is 14.4 Å². The van der Waals surface area contributed by atoms with Crippen LogP contribution in [0.15, 0.2) is 71.8 Å². The van der Waals surface area contributed by atoms with Crippen LogP contribution in [0, 0.1) is 5.92 Å². The molecule has 38 heavy (non-hydrogen) atoms. The third kappa shape index (κ3) is 5.59. The maximum atomic E-state index is 12.9. The van der Waals surface area contributed by atoms with E-state index in [2.05, 4.69) is 15.8 Å². The van der Waals surface area contributed by atoms with Crippen molar-refractivity contribution in [2.45, 2.75) is 5.92 Å². The molecule has 10 heteroatoms. The Morgan fingerprint density at radius 1 is 0.921 bits per heavy atom. The lowest BCUT2D eigenvalue weighted by molar-refractivity contribution is -0.133. The van der Waals surface area contributed by atoms with Crippen LogP contribution < -0.4 is 29.7 Å². The van der Waals surface area contributed by atoms with Crippen LogP contribution >= 0.6 is 0 Å². The number of carbonyl (C=O) groups is 3. The van der Waals surface area contributed by atoms with Gasteiger partial charge in [0.2, 0.25) is 11.7 Å². The first kappa shape index (κ1) is 26.2. The van der Waals surface area contributed by atoms with Gasteiger partial charge in [0.25, 0.3) is 5.91 Å². The van der Waals surface area contributed by atoms with Gasteiger partial charge in [-0.25, -0.2) is 10.2 Å². The van der Waals surface area contributed by atoms with E-state index in [1.165, 1.54) is 39.7 Å². The molecule has 1 fully saturated rings. The van der Waals surface area contributed by atoms with Gasteiger partial charge < -0.3 is 24.3 Å². The van der Waals surface area contributed by atoms with Crippen LogP contribution in [0.2, 0.25) is 0 Å². The second-order valence-electron chi connectivity index (χ2n) is 8.32. The van der Waals surface area contributed by atoms with Crippen LogP contribution in [-0.2, 0) is 9.59 Å². The van der Waals surface area contributed by atoms with Crippen LogP contribution in [0.4, 0.5) is 0 Å². The fraction of sp³-hybridized carbons (Fsp3) is 0.214. The standard InChI is InChI=1S/C28H27N3O7/c1-35-22-13-19(14-23(36-2)25(22)37-3)28(34)38-21-12-8-7-11-18(21)15-30-31-27(33)24-20(16-29-26(24)32)17-9-5-4-6-10-17/h4-15,20,24H,16H2,1-3H3,(H,29,32)(H,31,33). The summed E-state index contributed by atoms with van der Waals surface area (Å²) in [4.78, 5) is 38.1. The Morgan fingerprint density at radius 3 is 2.24 bits per heavy atom. The highest BCUT2D eigenvalue weighted by Crippen LogP contribution is 2.38. The summed E-state index contributed by atoms with van der Waals surface area (Å²) < 4.78 is 21.5. The number of hydrogen-bond donors (Lipinski definition) is 2. The van der Waals surface area contributed by atoms with Crippen molar-refractivity contribution in [3.8, 4) is 23.0 Å². The molecule has 2 atom stereocenters. The maximum absolute atomic E-state index is 12.9. The highest BCUT2D eigenvalue weighted by Gasteiger charge is 2.40. The fourth-order valence-electron chi connectivity index (χ4n) is 4.21. The van der Waals surface area contributed by atoms with Gasteiger partial charge in [-0.2, -0.15) is 5.10 Å². The molecule has 0 bridgehead atoms. The lowest BCUT2D eigenvalue weighted by Crippen LogP contribution is -2.34. The number of amides is 2. The van der Waals surface area contributed by atoms with Crippen molar-refractivity contribution in [1.29, 1.82) is 0 Å². The van der Waals surface area contributed by atoms with Gasteiger partial charge in [0.15, 0.2) is 11.5 Å². The number of hydrogen-bond acceptors (Lipinski definition) is 8. The summed E-state index contributed by atoms with van der Waals surface area (Å²) in [5.41, 5.74) is 3.94. The number of nitrogens with zero attached hydrogens (tertiary/aromatic N) is 1. The summed E-state index contributed by atoms with van der Waals surface area (Å²) in [5.74, 6) is -1.59. The number of ether oxygens (including phenoxy) is 4. The van der Waals surface area contributed by atoms with Gasteiger partial charge in [-0.05, 0) is 29.8 Å². The third-order valence-corrected chi connectivity index (χ3v) is 6.09. The summed E-state index contributed by atoms with van der Waals surface area (Å²) in [6.45, 7) is 0.365. The summed E-state index contributed by atoms with van der Waals surface area (Å²) >= 11 is 0. The van der Waals surface area contributed by atoms with Crippen LogP contribution in [0.5, 0.6) is 23.0 Å². The van der Waals surface area contributed by atoms with Gasteiger partial charge in [-0.3, -0.25) is 9.59 Å². The molecule has 196 valence electrons. The van der Waals surface area contributed by atoms with Crippen LogP contribution in [-0.4, -0.2) is 51.9 Å². The van der Waals surface area contributed by atoms with Crippen molar-refractivity contribution in [3.05, 3.63) is 83.4 Å². The first-order chi connectivity index (χ1) is 18.5. The normalized spacial score (nSPS) is 16.6. The van der Waals surface area contributed by atoms with Crippen LogP contribution in [0.3, 0.4) is 0 Å². The Kier molecular flexibility index (Phi) is 8.22. The number of para-hydroxylation sites is 1. The molecule has 2 amide bonds. The molecule has 4 rings (SSSR count). The van der Waals surface area contributed by atoms with Crippen molar-refractivity contribution in [2.75, 3.05) is 27.9 Å². The van der Waals surface area contributed by atoms with Crippen molar-refractivity contribution in [1.82, 2.24) is 10.7 Å². The third-order valence-electron chi connectivity index (χ3n) is 6.09. The second-order valence-corrected chi connectivity index (χ2v) is 8.32. The predicted octanol–water partition coefficient (Wildman–Crippen LogP) is 2.91. The molecule has 3 aromatic rings. The van der Waals surface area contributed by atoms with E-state index in [1.807, 2.05) is 30.3 Å². The lowest BCUT2D eigenvalue weighted by Gasteiger charge is -2.15. The van der Waals surface area contributed by atoms with Gasteiger partial charge in [-0.15, -0.1) is 0 Å². The van der Waals surface area contributed by atoms with Crippen molar-refractivity contribution in [2.24, 2.45) is 11.0 Å². The number of benzene rings is 3. The average molecular weight is 518 g/mol. The van der Waals surface area contributed by atoms with Gasteiger partial charge in [0.05, 0.1) is 33.1 Å². The van der Waals surface area contributed by atoms with E-state index in [-0.39, 0.29) is 23.1 Å². The smallest absolute Gasteiger partial charge is 0.343 e. The van der Waals surface area contributed by atoms with E-state index in [4.69, 9.17) is 18.9 Å². The summed E-state index contributed by atoms with van der Waals surface area (Å²) in [5, 5.41) is 6.76. The van der Waals surface area contributed by atoms with E-state index in [1.54, 1.807) is 24.3 Å². The van der Waals surface area contributed by atoms with Crippen LogP contribution in [0.1, 0.15) is 27.4 Å². The predicted molar refractivity (Wildman–Crippen MR) is 139 cm³/mol. The Hall–Kier alpha value is -4.86. The van der Waals surface area contributed by atoms with Gasteiger partial charge in [-0.1, -0.05) is 42.5 Å². The molecule has 10 nitrogen and oxygen atoms in total. The van der Waals surface area contributed by atoms with Gasteiger partial charge in [0, 0.05) is 18.0 Å². The molecule has 2 unspecified atom stereocenters. The quantitative estimate of drug-likeness (QED) is 0.147. The maximum Gasteiger partial charge on any atom is 0.343 e. The molecular weight excluding hydrogens is 490 g/mol. The number of hydrazone groups is 1. The molecule has 0 radical (unpaired) electrons. The van der Waals surface area contributed by atoms with Gasteiger partial charge in [0.1, 0.15) is 11.7 Å². The number of methoxy groups -OCH3 is 3. The molecule has 0 spiro atoms. The van der Waals surface area contributed by atoms with Crippen molar-refractivity contribution >= 4 is 24.0 Å². The molecule has 0 saturated carbocycles. The van der Waals surface area contributed by atoms with Crippen molar-refractivity contribution < 1.29 is 33.3 Å². The zero-order chi connectivity index (χ0) is 27.1. The highest BCUT2D eigenvalue weighted by molar-refractivity contribution is 6.03. The molecule has 2 N–H and O–H groups in total. The summed E-state index contributed by atoms with van der Waals surface area (Å²) in [6, 6.07) is 19.0. The topological polar surface area (TPSA) is 125 Å². The number of rotatable bonds is 9. The molecule has 3 aromatic carbocycles. The summed E-state index contributed by atoms with van der Waals surface area (Å²) in [6.07, 6.45) is 1.35. The second kappa shape index (κ2) is 11.9. The fourth-order valence-corrected chi connectivity index (χ4v) is 4.21. The SMILES string of the molecule is COc1cc(C(=O)Oc2ccccc2C=NNC(=O)C2C(=O)NCC2c2ccccc2)cc(OC)c1OC. The minimum Gasteiger partial charge on any atom is -0.493 e. The molecule has 1 saturated heterocycles. The van der Waals surface area contributed by atoms with E-state index >= 15 is 0 Å². The molecule has 1 heterocycles. The average Bonchev–Trinajstić information content (AvgIpc) is 3.34. The van der Waals surface area contributed by atoms with E-state index < -0.39 is 17.8 Å². The zero-order valence-electron chi connectivity index (χ0n) is 21.1. The minimum atomic E-state index is -0.914. The molecule has 1 aliphatic heterocycles. The molecule has 0 aliphatic carbocycles. The number of esters is 1. The van der Waals surface area contributed by atoms with E-state index in [0.29, 0.717) is 29.4 Å². The number of carbonyl (C=O) groups excluding carboxylic acids is 3. The number of nitrogens with one attached hydrogen (secondary N) is 2. The minimum absolute atomic E-state index is 0.179. The zero-order valence-corrected chi connectivity index (χ0v) is 21.1. The first-order valence-corrected chi connectivity index (χ1v) is 11.7. The van der Waals surface area contributed by atoms with Crippen molar-refractivity contribution in [3.63, 3.8) is 0 Å². The van der Waals surface area contributed by atoms with Gasteiger partial charge >= 0.3 is 5.97 Å². The molecule has 0 aromatic heterocycles. The first-order valence-electron chi connectivity index (χ1n) is 11.7. The van der Waals surface area contributed by atoms with Crippen LogP contribution in [0.25, 0.3) is 0 Å². The molecule has 1 aliphatic rings. The van der Waals surface area contributed by atoms with E-state index in [0.717, 1.165) is 5.56 Å². The highest BCUT2D eigenvalue weighted by atomic mass is 16.5. The Morgan fingerprint density at radius 2 is 1.58 bits per heavy atom. The summed E-state index contributed by atoms with van der Waals surface area (Å²) in [7, 11) is 4.36. The largest absolute Gasteiger partial charge is 0.493 e. The lowest BCUT2D eigenvalue weighted by atomic mass is 9.88. The Labute approximate surface area is 219 Å². The Bertz CT molecular complexity index is 1330.